The molecule has 0 aliphatic rings. The van der Waals surface area contributed by atoms with E-state index in [-0.39, 0.29) is 5.91 Å². The van der Waals surface area contributed by atoms with Gasteiger partial charge in [0.05, 0.1) is 31.5 Å². The highest BCUT2D eigenvalue weighted by atomic mass is 16.5. The smallest absolute Gasteiger partial charge is 0.251 e. The molecule has 0 spiro atoms. The maximum Gasteiger partial charge on any atom is 0.251 e. The third kappa shape index (κ3) is 4.80. The number of fused-ring (bicyclic) bond motifs is 1. The van der Waals surface area contributed by atoms with Gasteiger partial charge < -0.3 is 23.9 Å². The van der Waals surface area contributed by atoms with Crippen LogP contribution < -0.4 is 19.5 Å². The van der Waals surface area contributed by atoms with Crippen molar-refractivity contribution in [2.75, 3.05) is 26.4 Å². The lowest BCUT2D eigenvalue weighted by molar-refractivity contribution is 0.0953. The van der Waals surface area contributed by atoms with E-state index >= 15 is 0 Å². The molecule has 1 amide bonds. The molecule has 0 fully saturated rings. The fourth-order valence-electron chi connectivity index (χ4n) is 3.09. The molecular formula is C22H27N3O4. The van der Waals surface area contributed by atoms with Crippen molar-refractivity contribution in [3.05, 3.63) is 54.1 Å². The van der Waals surface area contributed by atoms with Gasteiger partial charge in [-0.2, -0.15) is 0 Å². The van der Waals surface area contributed by atoms with Gasteiger partial charge in [-0.3, -0.25) is 4.79 Å². The molecule has 1 N–H and O–H groups in total. The molecule has 7 heteroatoms. The number of aromatic nitrogens is 2. The van der Waals surface area contributed by atoms with E-state index in [1.54, 1.807) is 12.1 Å². The van der Waals surface area contributed by atoms with Gasteiger partial charge in [0.15, 0.2) is 11.5 Å². The van der Waals surface area contributed by atoms with Gasteiger partial charge in [-0.25, -0.2) is 4.98 Å². The van der Waals surface area contributed by atoms with Crippen LogP contribution in [-0.2, 0) is 6.42 Å². The van der Waals surface area contributed by atoms with E-state index < -0.39 is 0 Å². The number of imidazole rings is 1. The van der Waals surface area contributed by atoms with Gasteiger partial charge in [-0.1, -0.05) is 6.07 Å². The van der Waals surface area contributed by atoms with Gasteiger partial charge in [-0.05, 0) is 45.0 Å². The highest BCUT2D eigenvalue weighted by Gasteiger charge is 2.18. The molecule has 0 radical (unpaired) electrons. The van der Waals surface area contributed by atoms with Gasteiger partial charge in [-0.15, -0.1) is 0 Å². The molecule has 0 aliphatic carbocycles. The molecule has 0 saturated heterocycles. The Morgan fingerprint density at radius 2 is 1.72 bits per heavy atom. The van der Waals surface area contributed by atoms with E-state index in [9.17, 15) is 4.79 Å². The molecule has 1 aromatic carbocycles. The van der Waals surface area contributed by atoms with Gasteiger partial charge >= 0.3 is 0 Å². The van der Waals surface area contributed by atoms with Crippen LogP contribution in [0.15, 0.2) is 42.7 Å². The number of carbonyl (C=O) groups excluding carboxylic acids is 1. The van der Waals surface area contributed by atoms with E-state index in [4.69, 9.17) is 14.2 Å². The predicted octanol–water partition coefficient (Wildman–Crippen LogP) is 3.50. The average molecular weight is 397 g/mol. The van der Waals surface area contributed by atoms with Crippen LogP contribution in [0.3, 0.4) is 0 Å². The Morgan fingerprint density at radius 1 is 1.03 bits per heavy atom. The molecule has 29 heavy (non-hydrogen) atoms. The van der Waals surface area contributed by atoms with Crippen LogP contribution in [0, 0.1) is 0 Å². The maximum atomic E-state index is 12.7. The summed E-state index contributed by atoms with van der Waals surface area (Å²) in [5, 5.41) is 2.95. The average Bonchev–Trinajstić information content (AvgIpc) is 3.13. The highest BCUT2D eigenvalue weighted by molar-refractivity contribution is 5.95. The number of hydrogen-bond donors (Lipinski definition) is 1. The summed E-state index contributed by atoms with van der Waals surface area (Å²) in [6.07, 6.45) is 4.42. The summed E-state index contributed by atoms with van der Waals surface area (Å²) in [5.41, 5.74) is 1.50. The lowest BCUT2D eigenvalue weighted by Crippen LogP contribution is -2.26. The predicted molar refractivity (Wildman–Crippen MR) is 111 cm³/mol. The Labute approximate surface area is 170 Å². The van der Waals surface area contributed by atoms with Crippen molar-refractivity contribution in [2.45, 2.75) is 27.2 Å². The number of rotatable bonds is 10. The monoisotopic (exact) mass is 397 g/mol. The van der Waals surface area contributed by atoms with E-state index in [1.807, 2.05) is 55.8 Å². The van der Waals surface area contributed by atoms with Crippen molar-refractivity contribution in [1.29, 1.82) is 0 Å². The molecule has 154 valence electrons. The molecule has 0 bridgehead atoms. The van der Waals surface area contributed by atoms with E-state index in [1.165, 1.54) is 0 Å². The fourth-order valence-corrected chi connectivity index (χ4v) is 3.09. The highest BCUT2D eigenvalue weighted by Crippen LogP contribution is 2.39. The van der Waals surface area contributed by atoms with Crippen LogP contribution in [0.5, 0.6) is 17.2 Å². The van der Waals surface area contributed by atoms with Crippen LogP contribution >= 0.6 is 0 Å². The van der Waals surface area contributed by atoms with Crippen LogP contribution in [0.1, 0.15) is 37.0 Å². The van der Waals surface area contributed by atoms with Crippen molar-refractivity contribution >= 4 is 11.4 Å². The van der Waals surface area contributed by atoms with E-state index in [2.05, 4.69) is 10.3 Å². The summed E-state index contributed by atoms with van der Waals surface area (Å²) in [5.74, 6) is 2.24. The molecular weight excluding hydrogens is 370 g/mol. The molecule has 2 heterocycles. The Bertz CT molecular complexity index is 941. The maximum absolute atomic E-state index is 12.7. The first-order chi connectivity index (χ1) is 14.2. The number of amides is 1. The lowest BCUT2D eigenvalue weighted by atomic mass is 10.1. The molecule has 2 aromatic heterocycles. The standard InChI is InChI=1S/C22H27N3O4/c1-4-27-18-13-16(14-19(28-5-2)21(18)29-6-3)22(26)23-11-10-20-24-15-17-9-7-8-12-25(17)20/h7-9,12-15H,4-6,10-11H2,1-3H3,(H,23,26). The molecule has 0 saturated carbocycles. The molecule has 7 nitrogen and oxygen atoms in total. The van der Waals surface area contributed by atoms with Crippen molar-refractivity contribution in [1.82, 2.24) is 14.7 Å². The SMILES string of the molecule is CCOc1cc(C(=O)NCCc2ncc3ccccn23)cc(OCC)c1OCC. The third-order valence-corrected chi connectivity index (χ3v) is 4.32. The largest absolute Gasteiger partial charge is 0.490 e. The van der Waals surface area contributed by atoms with Gasteiger partial charge in [0, 0.05) is 24.7 Å². The Kier molecular flexibility index (Phi) is 6.94. The van der Waals surface area contributed by atoms with E-state index in [0.717, 1.165) is 11.3 Å². The Morgan fingerprint density at radius 3 is 2.38 bits per heavy atom. The topological polar surface area (TPSA) is 74.1 Å². The number of pyridine rings is 1. The van der Waals surface area contributed by atoms with Gasteiger partial charge in [0.1, 0.15) is 5.82 Å². The fraction of sp³-hybridized carbons (Fsp3) is 0.364. The number of hydrogen-bond acceptors (Lipinski definition) is 5. The summed E-state index contributed by atoms with van der Waals surface area (Å²) < 4.78 is 19.1. The first kappa shape index (κ1) is 20.5. The molecule has 3 rings (SSSR count). The van der Waals surface area contributed by atoms with Crippen molar-refractivity contribution in [3.8, 4) is 17.2 Å². The van der Waals surface area contributed by atoms with Crippen LogP contribution in [0.25, 0.3) is 5.52 Å². The number of benzene rings is 1. The van der Waals surface area contributed by atoms with Crippen molar-refractivity contribution < 1.29 is 19.0 Å². The minimum atomic E-state index is -0.198. The zero-order chi connectivity index (χ0) is 20.6. The van der Waals surface area contributed by atoms with Crippen molar-refractivity contribution in [2.24, 2.45) is 0 Å². The molecule has 0 atom stereocenters. The number of ether oxygens (including phenoxy) is 3. The summed E-state index contributed by atoms with van der Waals surface area (Å²) in [4.78, 5) is 17.2. The zero-order valence-corrected chi connectivity index (χ0v) is 17.1. The third-order valence-electron chi connectivity index (χ3n) is 4.32. The Hall–Kier alpha value is -3.22. The van der Waals surface area contributed by atoms with Gasteiger partial charge in [0.2, 0.25) is 5.75 Å². The second-order valence-electron chi connectivity index (χ2n) is 6.28. The van der Waals surface area contributed by atoms with Crippen LogP contribution in [0.4, 0.5) is 0 Å². The first-order valence-electron chi connectivity index (χ1n) is 9.93. The second-order valence-corrected chi connectivity index (χ2v) is 6.28. The number of nitrogens with zero attached hydrogens (tertiary/aromatic N) is 2. The quantitative estimate of drug-likeness (QED) is 0.567. The first-order valence-corrected chi connectivity index (χ1v) is 9.93. The molecule has 3 aromatic rings. The molecule has 0 aliphatic heterocycles. The minimum Gasteiger partial charge on any atom is -0.490 e. The van der Waals surface area contributed by atoms with Crippen LogP contribution in [-0.4, -0.2) is 41.7 Å². The number of nitrogens with one attached hydrogen (secondary N) is 1. The van der Waals surface area contributed by atoms with E-state index in [0.29, 0.717) is 55.6 Å². The Balaban J connectivity index is 1.73. The lowest BCUT2D eigenvalue weighted by Gasteiger charge is -2.17. The minimum absolute atomic E-state index is 0.198. The summed E-state index contributed by atoms with van der Waals surface area (Å²) in [6.45, 7) is 7.53. The molecule has 0 unspecified atom stereocenters. The normalized spacial score (nSPS) is 10.7. The summed E-state index contributed by atoms with van der Waals surface area (Å²) in [7, 11) is 0. The van der Waals surface area contributed by atoms with Crippen molar-refractivity contribution in [3.63, 3.8) is 0 Å². The second kappa shape index (κ2) is 9.82. The summed E-state index contributed by atoms with van der Waals surface area (Å²) >= 11 is 0. The van der Waals surface area contributed by atoms with Gasteiger partial charge in [0.25, 0.3) is 5.91 Å². The number of carbonyl (C=O) groups is 1. The summed E-state index contributed by atoms with van der Waals surface area (Å²) in [6, 6.07) is 9.32. The van der Waals surface area contributed by atoms with Crippen LogP contribution in [0.2, 0.25) is 0 Å². The zero-order valence-electron chi connectivity index (χ0n) is 17.1.